The predicted octanol–water partition coefficient (Wildman–Crippen LogP) is 1.35. The van der Waals surface area contributed by atoms with Gasteiger partial charge >= 0.3 is 0 Å². The summed E-state index contributed by atoms with van der Waals surface area (Å²) in [5.74, 6) is -1.75. The molecule has 2 N–H and O–H groups in total. The first-order valence-electron chi connectivity index (χ1n) is 5.18. The van der Waals surface area contributed by atoms with Crippen molar-refractivity contribution in [1.29, 1.82) is 10.5 Å². The van der Waals surface area contributed by atoms with Crippen LogP contribution in [0.1, 0.15) is 17.0 Å². The van der Waals surface area contributed by atoms with Gasteiger partial charge in [-0.25, -0.2) is 13.8 Å². The van der Waals surface area contributed by atoms with Gasteiger partial charge in [0.2, 0.25) is 0 Å². The molecule has 0 unspecified atom stereocenters. The van der Waals surface area contributed by atoms with Crippen LogP contribution in [0, 0.1) is 34.3 Å². The molecule has 0 radical (unpaired) electrons. The summed E-state index contributed by atoms with van der Waals surface area (Å²) in [6.07, 6.45) is 1.03. The lowest BCUT2D eigenvalue weighted by Gasteiger charge is -2.08. The third-order valence-electron chi connectivity index (χ3n) is 2.53. The molecule has 5 nitrogen and oxygen atoms in total. The van der Waals surface area contributed by atoms with E-state index in [0.29, 0.717) is 0 Å². The van der Waals surface area contributed by atoms with Crippen molar-refractivity contribution in [1.82, 2.24) is 9.55 Å². The highest BCUT2D eigenvalue weighted by Crippen LogP contribution is 2.22. The molecule has 0 spiro atoms. The summed E-state index contributed by atoms with van der Waals surface area (Å²) in [6.45, 7) is -0.00734. The van der Waals surface area contributed by atoms with E-state index < -0.39 is 17.3 Å². The third-order valence-corrected chi connectivity index (χ3v) is 2.53. The minimum atomic E-state index is -0.876. The van der Waals surface area contributed by atoms with Gasteiger partial charge in [0.1, 0.15) is 24.2 Å². The SMILES string of the molecule is N#Cc1ncn(-c2c(F)cc(CN)cc2F)c1C#N. The highest BCUT2D eigenvalue weighted by atomic mass is 19.1. The summed E-state index contributed by atoms with van der Waals surface area (Å²) in [7, 11) is 0. The van der Waals surface area contributed by atoms with Crippen molar-refractivity contribution in [2.24, 2.45) is 5.73 Å². The average Bonchev–Trinajstić information content (AvgIpc) is 2.80. The lowest BCUT2D eigenvalue weighted by atomic mass is 10.2. The summed E-state index contributed by atoms with van der Waals surface area (Å²) < 4.78 is 28.7. The topological polar surface area (TPSA) is 91.4 Å². The zero-order valence-electron chi connectivity index (χ0n) is 9.56. The fourth-order valence-electron chi connectivity index (χ4n) is 1.67. The van der Waals surface area contributed by atoms with Crippen LogP contribution >= 0.6 is 0 Å². The maximum Gasteiger partial charge on any atom is 0.177 e. The first-order chi connectivity index (χ1) is 9.12. The number of nitrogens with two attached hydrogens (primary N) is 1. The summed E-state index contributed by atoms with van der Waals surface area (Å²) in [4.78, 5) is 3.63. The van der Waals surface area contributed by atoms with E-state index in [1.165, 1.54) is 0 Å². The van der Waals surface area contributed by atoms with Crippen LogP contribution in [0.5, 0.6) is 0 Å². The standard InChI is InChI=1S/C12H7F2N5/c13-8-1-7(3-15)2-9(14)12(8)19-6-18-10(4-16)11(19)5-17/h1-2,6H,3,15H2. The van der Waals surface area contributed by atoms with E-state index in [1.807, 2.05) is 0 Å². The van der Waals surface area contributed by atoms with Crippen LogP contribution in [0.15, 0.2) is 18.5 Å². The van der Waals surface area contributed by atoms with Gasteiger partial charge in [0.15, 0.2) is 23.0 Å². The molecular formula is C12H7F2N5. The highest BCUT2D eigenvalue weighted by molar-refractivity contribution is 5.46. The molecule has 1 heterocycles. The summed E-state index contributed by atoms with van der Waals surface area (Å²) in [6, 6.07) is 5.53. The Balaban J connectivity index is 2.71. The quantitative estimate of drug-likeness (QED) is 0.881. The maximum atomic E-state index is 13.9. The molecule has 0 bridgehead atoms. The number of imidazole rings is 1. The zero-order chi connectivity index (χ0) is 14.0. The second kappa shape index (κ2) is 4.84. The number of nitrogens with zero attached hydrogens (tertiary/aromatic N) is 4. The van der Waals surface area contributed by atoms with Crippen molar-refractivity contribution in [3.8, 4) is 17.8 Å². The van der Waals surface area contributed by atoms with Gasteiger partial charge in [-0.15, -0.1) is 0 Å². The molecule has 0 aliphatic carbocycles. The molecule has 0 atom stereocenters. The minimum absolute atomic E-state index is 0.00734. The van der Waals surface area contributed by atoms with Gasteiger partial charge in [0, 0.05) is 6.54 Å². The van der Waals surface area contributed by atoms with Gasteiger partial charge in [-0.3, -0.25) is 4.57 Å². The second-order valence-electron chi connectivity index (χ2n) is 3.65. The van der Waals surface area contributed by atoms with Crippen LogP contribution in [0.2, 0.25) is 0 Å². The largest absolute Gasteiger partial charge is 0.326 e. The van der Waals surface area contributed by atoms with Crippen LogP contribution in [0.3, 0.4) is 0 Å². The monoisotopic (exact) mass is 259 g/mol. The smallest absolute Gasteiger partial charge is 0.177 e. The van der Waals surface area contributed by atoms with E-state index in [9.17, 15) is 8.78 Å². The Bertz CT molecular complexity index is 698. The Hall–Kier alpha value is -2.77. The van der Waals surface area contributed by atoms with E-state index in [4.69, 9.17) is 16.3 Å². The summed E-state index contributed by atoms with van der Waals surface area (Å²) >= 11 is 0. The Morgan fingerprint density at radius 1 is 1.21 bits per heavy atom. The molecule has 94 valence electrons. The van der Waals surface area contributed by atoms with Gasteiger partial charge in [-0.1, -0.05) is 0 Å². The number of hydrogen-bond donors (Lipinski definition) is 1. The summed E-state index contributed by atoms with van der Waals surface area (Å²) in [5.41, 5.74) is 4.73. The van der Waals surface area contributed by atoms with Crippen LogP contribution < -0.4 is 5.73 Å². The molecular weight excluding hydrogens is 252 g/mol. The number of rotatable bonds is 2. The number of nitriles is 2. The second-order valence-corrected chi connectivity index (χ2v) is 3.65. The molecule has 7 heteroatoms. The molecule has 0 amide bonds. The van der Waals surface area contributed by atoms with Crippen molar-refractivity contribution in [2.45, 2.75) is 6.54 Å². The molecule has 2 aromatic rings. The van der Waals surface area contributed by atoms with Crippen LogP contribution in [-0.4, -0.2) is 9.55 Å². The molecule has 19 heavy (non-hydrogen) atoms. The Labute approximate surface area is 107 Å². The molecule has 0 fully saturated rings. The Kier molecular flexibility index (Phi) is 3.23. The molecule has 1 aromatic carbocycles. The van der Waals surface area contributed by atoms with Crippen LogP contribution in [0.4, 0.5) is 8.78 Å². The van der Waals surface area contributed by atoms with Crippen LogP contribution in [0.25, 0.3) is 5.69 Å². The summed E-state index contributed by atoms with van der Waals surface area (Å²) in [5, 5.41) is 17.7. The van der Waals surface area contributed by atoms with Crippen molar-refractivity contribution in [3.05, 3.63) is 47.0 Å². The first-order valence-corrected chi connectivity index (χ1v) is 5.18. The lowest BCUT2D eigenvalue weighted by Crippen LogP contribution is -2.06. The fraction of sp³-hybridized carbons (Fsp3) is 0.0833. The molecule has 0 saturated heterocycles. The van der Waals surface area contributed by atoms with Gasteiger partial charge in [0.05, 0.1) is 0 Å². The lowest BCUT2D eigenvalue weighted by molar-refractivity contribution is 0.565. The van der Waals surface area contributed by atoms with E-state index in [0.717, 1.165) is 23.0 Å². The number of halogens is 2. The van der Waals surface area contributed by atoms with E-state index in [2.05, 4.69) is 4.98 Å². The van der Waals surface area contributed by atoms with Crippen molar-refractivity contribution < 1.29 is 8.78 Å². The Morgan fingerprint density at radius 2 is 1.84 bits per heavy atom. The number of benzene rings is 1. The van der Waals surface area contributed by atoms with E-state index in [-0.39, 0.29) is 23.5 Å². The number of hydrogen-bond acceptors (Lipinski definition) is 4. The van der Waals surface area contributed by atoms with Gasteiger partial charge in [-0.05, 0) is 17.7 Å². The molecule has 0 saturated carbocycles. The maximum absolute atomic E-state index is 13.9. The highest BCUT2D eigenvalue weighted by Gasteiger charge is 2.18. The van der Waals surface area contributed by atoms with E-state index in [1.54, 1.807) is 12.1 Å². The Morgan fingerprint density at radius 3 is 2.32 bits per heavy atom. The molecule has 0 aliphatic rings. The minimum Gasteiger partial charge on any atom is -0.326 e. The first kappa shape index (κ1) is 12.7. The fourth-order valence-corrected chi connectivity index (χ4v) is 1.67. The van der Waals surface area contributed by atoms with Crippen LogP contribution in [-0.2, 0) is 6.54 Å². The van der Waals surface area contributed by atoms with Crippen molar-refractivity contribution in [3.63, 3.8) is 0 Å². The van der Waals surface area contributed by atoms with Gasteiger partial charge in [-0.2, -0.15) is 10.5 Å². The van der Waals surface area contributed by atoms with E-state index >= 15 is 0 Å². The molecule has 0 aliphatic heterocycles. The normalized spacial score (nSPS) is 9.95. The van der Waals surface area contributed by atoms with Gasteiger partial charge < -0.3 is 5.73 Å². The van der Waals surface area contributed by atoms with Crippen molar-refractivity contribution >= 4 is 0 Å². The predicted molar refractivity (Wildman–Crippen MR) is 60.8 cm³/mol. The van der Waals surface area contributed by atoms with Crippen molar-refractivity contribution in [2.75, 3.05) is 0 Å². The van der Waals surface area contributed by atoms with Gasteiger partial charge in [0.25, 0.3) is 0 Å². The third kappa shape index (κ3) is 2.03. The zero-order valence-corrected chi connectivity index (χ0v) is 9.56. The molecule has 2 rings (SSSR count). The average molecular weight is 259 g/mol. The molecule has 1 aromatic heterocycles. The number of aromatic nitrogens is 2.